The predicted molar refractivity (Wildman–Crippen MR) is 40.9 cm³/mol. The van der Waals surface area contributed by atoms with Crippen molar-refractivity contribution in [2.75, 3.05) is 6.54 Å². The van der Waals surface area contributed by atoms with E-state index in [-0.39, 0.29) is 5.91 Å². The Balaban J connectivity index is 2.43. The first-order valence-electron chi connectivity index (χ1n) is 3.41. The molecule has 1 amide bonds. The molecular formula is C7H10N3O. The molecule has 0 saturated heterocycles. The number of nitrogens with zero attached hydrogens (tertiary/aromatic N) is 1. The first kappa shape index (κ1) is 7.78. The molecule has 4 heteroatoms. The molecule has 0 saturated carbocycles. The third kappa shape index (κ3) is 2.07. The van der Waals surface area contributed by atoms with Crippen molar-refractivity contribution < 1.29 is 4.79 Å². The van der Waals surface area contributed by atoms with E-state index in [0.29, 0.717) is 18.5 Å². The number of hydrogen-bond acceptors (Lipinski definition) is 2. The molecule has 2 N–H and O–H groups in total. The molecule has 0 fully saturated rings. The zero-order valence-electron chi connectivity index (χ0n) is 6.13. The van der Waals surface area contributed by atoms with E-state index in [1.807, 2.05) is 0 Å². The van der Waals surface area contributed by atoms with Gasteiger partial charge in [-0.05, 0) is 6.42 Å². The van der Waals surface area contributed by atoms with Crippen molar-refractivity contribution in [3.8, 4) is 0 Å². The Labute approximate surface area is 65.0 Å². The summed E-state index contributed by atoms with van der Waals surface area (Å²) in [5.41, 5.74) is 0.554. The molecule has 0 spiro atoms. The molecule has 0 aliphatic carbocycles. The highest BCUT2D eigenvalue weighted by atomic mass is 16.1. The van der Waals surface area contributed by atoms with Gasteiger partial charge in [-0.25, -0.2) is 0 Å². The Morgan fingerprint density at radius 2 is 2.64 bits per heavy atom. The van der Waals surface area contributed by atoms with Gasteiger partial charge in [0, 0.05) is 12.7 Å². The number of carbonyl (C=O) groups is 1. The first-order chi connectivity index (χ1) is 5.34. The van der Waals surface area contributed by atoms with Gasteiger partial charge in [0.1, 0.15) is 0 Å². The van der Waals surface area contributed by atoms with Crippen LogP contribution in [-0.4, -0.2) is 22.6 Å². The molecule has 1 aromatic heterocycles. The minimum atomic E-state index is -0.109. The Hall–Kier alpha value is -1.32. The summed E-state index contributed by atoms with van der Waals surface area (Å²) in [6.07, 6.45) is 3.74. The standard InChI is InChI=1S/C7H10N3O/c1-2-3-8-7(11)6-4-9-10-5-6/h4-5H,1-3H2,(H,8,11)(H,9,10). The van der Waals surface area contributed by atoms with E-state index < -0.39 is 0 Å². The molecule has 1 radical (unpaired) electrons. The molecular weight excluding hydrogens is 142 g/mol. The number of nitrogens with one attached hydrogen (secondary N) is 2. The zero-order valence-corrected chi connectivity index (χ0v) is 6.13. The van der Waals surface area contributed by atoms with Gasteiger partial charge in [0.2, 0.25) is 0 Å². The zero-order chi connectivity index (χ0) is 8.10. The third-order valence-corrected chi connectivity index (χ3v) is 1.22. The number of rotatable bonds is 3. The lowest BCUT2D eigenvalue weighted by atomic mass is 10.3. The van der Waals surface area contributed by atoms with Gasteiger partial charge in [0.05, 0.1) is 11.8 Å². The molecule has 0 bridgehead atoms. The van der Waals surface area contributed by atoms with Crippen molar-refractivity contribution in [3.05, 3.63) is 24.9 Å². The summed E-state index contributed by atoms with van der Waals surface area (Å²) in [7, 11) is 0. The van der Waals surface area contributed by atoms with Gasteiger partial charge in [-0.2, -0.15) is 5.10 Å². The van der Waals surface area contributed by atoms with Crippen LogP contribution in [0.5, 0.6) is 0 Å². The SMILES string of the molecule is [CH2]CCNC(=O)c1cn[nH]c1. The number of hydrogen-bond donors (Lipinski definition) is 2. The smallest absolute Gasteiger partial charge is 0.254 e. The van der Waals surface area contributed by atoms with Crippen LogP contribution in [0.2, 0.25) is 0 Å². The Morgan fingerprint density at radius 1 is 1.82 bits per heavy atom. The molecule has 1 rings (SSSR count). The van der Waals surface area contributed by atoms with Crippen molar-refractivity contribution in [3.63, 3.8) is 0 Å². The summed E-state index contributed by atoms with van der Waals surface area (Å²) in [4.78, 5) is 11.1. The van der Waals surface area contributed by atoms with E-state index in [1.54, 1.807) is 6.20 Å². The second-order valence-electron chi connectivity index (χ2n) is 2.10. The van der Waals surface area contributed by atoms with Gasteiger partial charge in [0.15, 0.2) is 0 Å². The maximum Gasteiger partial charge on any atom is 0.254 e. The summed E-state index contributed by atoms with van der Waals surface area (Å²) in [6, 6.07) is 0. The van der Waals surface area contributed by atoms with Crippen LogP contribution in [0, 0.1) is 6.92 Å². The second kappa shape index (κ2) is 3.75. The highest BCUT2D eigenvalue weighted by Crippen LogP contribution is 1.91. The molecule has 0 aliphatic rings. The second-order valence-corrected chi connectivity index (χ2v) is 2.10. The van der Waals surface area contributed by atoms with Crippen LogP contribution in [-0.2, 0) is 0 Å². The number of amides is 1. The maximum absolute atomic E-state index is 11.1. The van der Waals surface area contributed by atoms with Crippen molar-refractivity contribution in [1.82, 2.24) is 15.5 Å². The summed E-state index contributed by atoms with van der Waals surface area (Å²) in [5, 5.41) is 8.88. The van der Waals surface area contributed by atoms with Crippen LogP contribution < -0.4 is 5.32 Å². The van der Waals surface area contributed by atoms with Crippen LogP contribution >= 0.6 is 0 Å². The van der Waals surface area contributed by atoms with E-state index in [9.17, 15) is 4.79 Å². The molecule has 59 valence electrons. The molecule has 4 nitrogen and oxygen atoms in total. The summed E-state index contributed by atoms with van der Waals surface area (Å²) < 4.78 is 0. The highest BCUT2D eigenvalue weighted by molar-refractivity contribution is 5.93. The lowest BCUT2D eigenvalue weighted by Crippen LogP contribution is -2.23. The fraction of sp³-hybridized carbons (Fsp3) is 0.286. The van der Waals surface area contributed by atoms with Gasteiger partial charge >= 0.3 is 0 Å². The fourth-order valence-electron chi connectivity index (χ4n) is 0.679. The normalized spacial score (nSPS) is 9.55. The number of carbonyl (C=O) groups excluding carboxylic acids is 1. The largest absolute Gasteiger partial charge is 0.352 e. The quantitative estimate of drug-likeness (QED) is 0.657. The monoisotopic (exact) mass is 152 g/mol. The van der Waals surface area contributed by atoms with E-state index in [4.69, 9.17) is 0 Å². The Kier molecular flexibility index (Phi) is 2.66. The molecule has 0 unspecified atom stereocenters. The number of aromatic nitrogens is 2. The number of aromatic amines is 1. The lowest BCUT2D eigenvalue weighted by molar-refractivity contribution is 0.0954. The van der Waals surface area contributed by atoms with Crippen LogP contribution in [0.15, 0.2) is 12.4 Å². The minimum absolute atomic E-state index is 0.109. The molecule has 0 aliphatic heterocycles. The van der Waals surface area contributed by atoms with E-state index in [1.165, 1.54) is 6.20 Å². The Morgan fingerprint density at radius 3 is 3.18 bits per heavy atom. The van der Waals surface area contributed by atoms with Crippen LogP contribution in [0.1, 0.15) is 16.8 Å². The topological polar surface area (TPSA) is 57.8 Å². The van der Waals surface area contributed by atoms with Crippen LogP contribution in [0.25, 0.3) is 0 Å². The first-order valence-corrected chi connectivity index (χ1v) is 3.41. The van der Waals surface area contributed by atoms with Crippen molar-refractivity contribution in [1.29, 1.82) is 0 Å². The fourth-order valence-corrected chi connectivity index (χ4v) is 0.679. The molecule has 1 aromatic rings. The van der Waals surface area contributed by atoms with Gasteiger partial charge in [-0.15, -0.1) is 0 Å². The van der Waals surface area contributed by atoms with E-state index in [0.717, 1.165) is 0 Å². The van der Waals surface area contributed by atoms with E-state index >= 15 is 0 Å². The highest BCUT2D eigenvalue weighted by Gasteiger charge is 2.03. The summed E-state index contributed by atoms with van der Waals surface area (Å²) in [6.45, 7) is 4.20. The van der Waals surface area contributed by atoms with Gasteiger partial charge in [0.25, 0.3) is 5.91 Å². The van der Waals surface area contributed by atoms with E-state index in [2.05, 4.69) is 22.4 Å². The molecule has 11 heavy (non-hydrogen) atoms. The lowest BCUT2D eigenvalue weighted by Gasteiger charge is -1.98. The van der Waals surface area contributed by atoms with Crippen molar-refractivity contribution in [2.24, 2.45) is 0 Å². The van der Waals surface area contributed by atoms with Crippen LogP contribution in [0.3, 0.4) is 0 Å². The van der Waals surface area contributed by atoms with Gasteiger partial charge < -0.3 is 5.32 Å². The minimum Gasteiger partial charge on any atom is -0.352 e. The van der Waals surface area contributed by atoms with Gasteiger partial charge in [-0.1, -0.05) is 6.92 Å². The number of H-pyrrole nitrogens is 1. The van der Waals surface area contributed by atoms with Crippen molar-refractivity contribution >= 4 is 5.91 Å². The summed E-state index contributed by atoms with van der Waals surface area (Å²) in [5.74, 6) is -0.109. The summed E-state index contributed by atoms with van der Waals surface area (Å²) >= 11 is 0. The maximum atomic E-state index is 11.1. The average molecular weight is 152 g/mol. The predicted octanol–water partition coefficient (Wildman–Crippen LogP) is 0.364. The van der Waals surface area contributed by atoms with Crippen LogP contribution in [0.4, 0.5) is 0 Å². The van der Waals surface area contributed by atoms with Crippen molar-refractivity contribution in [2.45, 2.75) is 6.42 Å². The Bertz CT molecular complexity index is 218. The van der Waals surface area contributed by atoms with Gasteiger partial charge in [-0.3, -0.25) is 9.89 Å². The average Bonchev–Trinajstić information content (AvgIpc) is 2.52. The third-order valence-electron chi connectivity index (χ3n) is 1.22. The molecule has 0 aromatic carbocycles. The molecule has 0 atom stereocenters. The molecule has 1 heterocycles.